The average molecular weight is 221 g/mol. The molecule has 0 aliphatic heterocycles. The number of amides is 1. The summed E-state index contributed by atoms with van der Waals surface area (Å²) in [6.45, 7) is 1.88. The van der Waals surface area contributed by atoms with Crippen LogP contribution in [0, 0.1) is 6.92 Å². The number of aryl methyl sites for hydroxylation is 1. The first-order chi connectivity index (χ1) is 7.15. The molecule has 3 nitrogen and oxygen atoms in total. The minimum atomic E-state index is -0.153. The van der Waals surface area contributed by atoms with E-state index in [4.69, 9.17) is 0 Å². The second-order valence-corrected chi connectivity index (χ2v) is 4.52. The number of rotatable bonds is 1. The van der Waals surface area contributed by atoms with Crippen molar-refractivity contribution in [2.45, 2.75) is 6.92 Å². The Morgan fingerprint density at radius 3 is 2.87 bits per heavy atom. The van der Waals surface area contributed by atoms with Gasteiger partial charge in [-0.2, -0.15) is 0 Å². The zero-order chi connectivity index (χ0) is 11.0. The van der Waals surface area contributed by atoms with Crippen molar-refractivity contribution in [1.29, 1.82) is 0 Å². The van der Waals surface area contributed by atoms with E-state index in [9.17, 15) is 9.90 Å². The number of benzene rings is 1. The van der Waals surface area contributed by atoms with Gasteiger partial charge in [0.05, 0.1) is 5.56 Å². The van der Waals surface area contributed by atoms with Crippen molar-refractivity contribution in [3.05, 3.63) is 28.6 Å². The topological polar surface area (TPSA) is 49.3 Å². The number of hydrogen-bond acceptors (Lipinski definition) is 3. The van der Waals surface area contributed by atoms with Gasteiger partial charge in [0.1, 0.15) is 5.75 Å². The van der Waals surface area contributed by atoms with Crippen LogP contribution in [0.4, 0.5) is 0 Å². The first-order valence-electron chi connectivity index (χ1n) is 4.58. The van der Waals surface area contributed by atoms with Crippen molar-refractivity contribution < 1.29 is 9.90 Å². The highest BCUT2D eigenvalue weighted by Crippen LogP contribution is 2.36. The summed E-state index contributed by atoms with van der Waals surface area (Å²) in [5.41, 5.74) is 0.579. The van der Waals surface area contributed by atoms with Crippen molar-refractivity contribution >= 4 is 27.3 Å². The molecule has 1 amide bonds. The number of carbonyl (C=O) groups excluding carboxylic acids is 1. The van der Waals surface area contributed by atoms with E-state index in [1.807, 2.05) is 13.0 Å². The molecule has 0 fully saturated rings. The highest BCUT2D eigenvalue weighted by atomic mass is 32.1. The van der Waals surface area contributed by atoms with E-state index in [1.165, 1.54) is 11.3 Å². The van der Waals surface area contributed by atoms with E-state index in [-0.39, 0.29) is 11.7 Å². The van der Waals surface area contributed by atoms with Gasteiger partial charge < -0.3 is 10.4 Å². The summed E-state index contributed by atoms with van der Waals surface area (Å²) >= 11 is 1.52. The Labute approximate surface area is 91.4 Å². The van der Waals surface area contributed by atoms with E-state index in [1.54, 1.807) is 19.2 Å². The van der Waals surface area contributed by atoms with E-state index < -0.39 is 0 Å². The molecule has 0 saturated carbocycles. The second-order valence-electron chi connectivity index (χ2n) is 3.26. The molecule has 1 aromatic carbocycles. The first kappa shape index (κ1) is 9.98. The van der Waals surface area contributed by atoms with Gasteiger partial charge in [-0.3, -0.25) is 4.79 Å². The van der Waals surface area contributed by atoms with Crippen LogP contribution < -0.4 is 5.32 Å². The van der Waals surface area contributed by atoms with E-state index in [0.717, 1.165) is 9.58 Å². The summed E-state index contributed by atoms with van der Waals surface area (Å²) in [5, 5.41) is 13.0. The number of aromatic hydroxyl groups is 1. The van der Waals surface area contributed by atoms with Gasteiger partial charge >= 0.3 is 0 Å². The number of thiophene rings is 1. The number of phenolic OH excluding ortho intramolecular Hbond substituents is 1. The summed E-state index contributed by atoms with van der Waals surface area (Å²) in [7, 11) is 1.59. The van der Waals surface area contributed by atoms with Crippen molar-refractivity contribution in [3.63, 3.8) is 0 Å². The maximum absolute atomic E-state index is 11.6. The summed E-state index contributed by atoms with van der Waals surface area (Å²) in [6, 6.07) is 5.28. The molecule has 2 aromatic rings. The molecule has 0 aliphatic rings. The van der Waals surface area contributed by atoms with Crippen molar-refractivity contribution in [2.24, 2.45) is 0 Å². The minimum Gasteiger partial charge on any atom is -0.507 e. The van der Waals surface area contributed by atoms with Crippen LogP contribution in [0.5, 0.6) is 5.75 Å². The van der Waals surface area contributed by atoms with Crippen molar-refractivity contribution in [2.75, 3.05) is 7.05 Å². The SMILES string of the molecule is CNC(=O)c1c(C)sc2cccc(O)c12. The minimum absolute atomic E-state index is 0.153. The molecule has 0 atom stereocenters. The Morgan fingerprint density at radius 1 is 1.47 bits per heavy atom. The number of phenols is 1. The summed E-state index contributed by atoms with van der Waals surface area (Å²) in [5.74, 6) is 0.00991. The molecule has 1 aromatic heterocycles. The largest absolute Gasteiger partial charge is 0.507 e. The molecule has 0 saturated heterocycles. The van der Waals surface area contributed by atoms with Crippen LogP contribution in [0.2, 0.25) is 0 Å². The van der Waals surface area contributed by atoms with Crippen molar-refractivity contribution in [1.82, 2.24) is 5.32 Å². The fourth-order valence-corrected chi connectivity index (χ4v) is 2.73. The van der Waals surface area contributed by atoms with Gasteiger partial charge in [-0.15, -0.1) is 11.3 Å². The number of hydrogen-bond donors (Lipinski definition) is 2. The zero-order valence-electron chi connectivity index (χ0n) is 8.50. The molecule has 0 spiro atoms. The molecule has 1 heterocycles. The first-order valence-corrected chi connectivity index (χ1v) is 5.40. The molecule has 2 N–H and O–H groups in total. The Balaban J connectivity index is 2.82. The highest BCUT2D eigenvalue weighted by Gasteiger charge is 2.17. The summed E-state index contributed by atoms with van der Waals surface area (Å²) in [6.07, 6.45) is 0. The third-order valence-electron chi connectivity index (χ3n) is 2.32. The molecule has 0 unspecified atom stereocenters. The van der Waals surface area contributed by atoms with Crippen LogP contribution in [0.3, 0.4) is 0 Å². The third kappa shape index (κ3) is 1.47. The Kier molecular flexibility index (Phi) is 2.36. The van der Waals surface area contributed by atoms with E-state index in [0.29, 0.717) is 10.9 Å². The Bertz CT molecular complexity index is 531. The Morgan fingerprint density at radius 2 is 2.20 bits per heavy atom. The highest BCUT2D eigenvalue weighted by molar-refractivity contribution is 7.19. The monoisotopic (exact) mass is 221 g/mol. The number of nitrogens with one attached hydrogen (secondary N) is 1. The average Bonchev–Trinajstić information content (AvgIpc) is 2.55. The van der Waals surface area contributed by atoms with Gasteiger partial charge in [0.2, 0.25) is 0 Å². The van der Waals surface area contributed by atoms with E-state index >= 15 is 0 Å². The molecular weight excluding hydrogens is 210 g/mol. The normalized spacial score (nSPS) is 10.5. The lowest BCUT2D eigenvalue weighted by atomic mass is 10.1. The van der Waals surface area contributed by atoms with Gasteiger partial charge in [-0.1, -0.05) is 6.07 Å². The smallest absolute Gasteiger partial charge is 0.252 e. The standard InChI is InChI=1S/C11H11NO2S/c1-6-9(11(14)12-2)10-7(13)4-3-5-8(10)15-6/h3-5,13H,1-2H3,(H,12,14). The fraction of sp³-hybridized carbons (Fsp3) is 0.182. The van der Waals surface area contributed by atoms with Gasteiger partial charge in [0.25, 0.3) is 5.91 Å². The lowest BCUT2D eigenvalue weighted by Gasteiger charge is -2.00. The van der Waals surface area contributed by atoms with Crippen molar-refractivity contribution in [3.8, 4) is 5.75 Å². The Hall–Kier alpha value is -1.55. The lowest BCUT2D eigenvalue weighted by molar-refractivity contribution is 0.0964. The van der Waals surface area contributed by atoms with E-state index in [2.05, 4.69) is 5.32 Å². The second kappa shape index (κ2) is 3.55. The van der Waals surface area contributed by atoms with Crippen LogP contribution in [0.25, 0.3) is 10.1 Å². The fourth-order valence-electron chi connectivity index (χ4n) is 1.65. The summed E-state index contributed by atoms with van der Waals surface area (Å²) in [4.78, 5) is 12.6. The zero-order valence-corrected chi connectivity index (χ0v) is 9.31. The molecule has 0 radical (unpaired) electrons. The van der Waals surface area contributed by atoms with Gasteiger partial charge in [-0.05, 0) is 19.1 Å². The molecule has 0 bridgehead atoms. The molecule has 4 heteroatoms. The molecule has 0 aliphatic carbocycles. The van der Waals surface area contributed by atoms with Gasteiger partial charge in [-0.25, -0.2) is 0 Å². The van der Waals surface area contributed by atoms with Crippen LogP contribution in [-0.4, -0.2) is 18.1 Å². The lowest BCUT2D eigenvalue weighted by Crippen LogP contribution is -2.18. The number of carbonyl (C=O) groups is 1. The van der Waals surface area contributed by atoms with Gasteiger partial charge in [0, 0.05) is 22.0 Å². The van der Waals surface area contributed by atoms with Gasteiger partial charge in [0.15, 0.2) is 0 Å². The maximum Gasteiger partial charge on any atom is 0.252 e. The molecular formula is C11H11NO2S. The molecule has 78 valence electrons. The van der Waals surface area contributed by atoms with Crippen LogP contribution >= 0.6 is 11.3 Å². The van der Waals surface area contributed by atoms with Crippen LogP contribution in [-0.2, 0) is 0 Å². The summed E-state index contributed by atoms with van der Waals surface area (Å²) < 4.78 is 0.936. The molecule has 15 heavy (non-hydrogen) atoms. The quantitative estimate of drug-likeness (QED) is 0.776. The van der Waals surface area contributed by atoms with Crippen LogP contribution in [0.1, 0.15) is 15.2 Å². The maximum atomic E-state index is 11.6. The predicted molar refractivity (Wildman–Crippen MR) is 61.6 cm³/mol. The third-order valence-corrected chi connectivity index (χ3v) is 3.39. The number of fused-ring (bicyclic) bond motifs is 1. The predicted octanol–water partition coefficient (Wildman–Crippen LogP) is 2.27. The molecule has 2 rings (SSSR count). The van der Waals surface area contributed by atoms with Crippen LogP contribution in [0.15, 0.2) is 18.2 Å².